The summed E-state index contributed by atoms with van der Waals surface area (Å²) in [5.74, 6) is -0.981. The first-order valence-electron chi connectivity index (χ1n) is 2.97. The Morgan fingerprint density at radius 1 is 1.64 bits per heavy atom. The molecule has 0 unspecified atom stereocenters. The molecule has 0 saturated carbocycles. The lowest BCUT2D eigenvalue weighted by Crippen LogP contribution is -2.34. The van der Waals surface area contributed by atoms with Crippen molar-refractivity contribution in [2.45, 2.75) is 6.42 Å². The van der Waals surface area contributed by atoms with Gasteiger partial charge in [0.1, 0.15) is 6.42 Å². The van der Waals surface area contributed by atoms with E-state index < -0.39 is 11.8 Å². The first-order valence-corrected chi connectivity index (χ1v) is 2.97. The lowest BCUT2D eigenvalue weighted by molar-refractivity contribution is -0.132. The number of hydrogen-bond donors (Lipinski definition) is 1. The Hall–Kier alpha value is -1.57. The monoisotopic (exact) mass is 155 g/mol. The van der Waals surface area contributed by atoms with Crippen LogP contribution in [0.2, 0.25) is 0 Å². The minimum Gasteiger partial charge on any atom is -0.368 e. The molecule has 5 nitrogen and oxygen atoms in total. The molecule has 2 N–H and O–H groups in total. The Kier molecular flexibility index (Phi) is 3.67. The molecule has 0 rings (SSSR count). The summed E-state index contributed by atoms with van der Waals surface area (Å²) in [7, 11) is 1.42. The van der Waals surface area contributed by atoms with E-state index >= 15 is 0 Å². The Bertz CT molecular complexity index is 206. The minimum absolute atomic E-state index is 0.138. The number of carbonyl (C=O) groups excluding carboxylic acids is 2. The molecule has 0 aromatic rings. The van der Waals surface area contributed by atoms with Gasteiger partial charge < -0.3 is 10.6 Å². The standard InChI is InChI=1S/C6H9N3O2/c1-9(4-5(8)10)6(11)2-3-7/h2,4H2,1H3,(H2,8,10). The maximum absolute atomic E-state index is 10.8. The SMILES string of the molecule is CN(CC(N)=O)C(=O)CC#N. The molecule has 0 aliphatic rings. The highest BCUT2D eigenvalue weighted by molar-refractivity contribution is 5.84. The van der Waals surface area contributed by atoms with E-state index in [1.165, 1.54) is 7.05 Å². The van der Waals surface area contributed by atoms with Gasteiger partial charge in [0.15, 0.2) is 0 Å². The van der Waals surface area contributed by atoms with Crippen LogP contribution in [0.5, 0.6) is 0 Å². The molecule has 0 aromatic carbocycles. The molecule has 0 saturated heterocycles. The summed E-state index contributed by atoms with van der Waals surface area (Å²) in [6.45, 7) is -0.138. The van der Waals surface area contributed by atoms with E-state index in [0.717, 1.165) is 4.90 Å². The van der Waals surface area contributed by atoms with Crippen molar-refractivity contribution in [2.75, 3.05) is 13.6 Å². The van der Waals surface area contributed by atoms with Crippen molar-refractivity contribution in [3.63, 3.8) is 0 Å². The predicted molar refractivity (Wildman–Crippen MR) is 37.1 cm³/mol. The highest BCUT2D eigenvalue weighted by Crippen LogP contribution is 1.87. The van der Waals surface area contributed by atoms with Crippen LogP contribution in [0.15, 0.2) is 0 Å². The molecule has 0 aromatic heterocycles. The van der Waals surface area contributed by atoms with Gasteiger partial charge in [-0.25, -0.2) is 0 Å². The van der Waals surface area contributed by atoms with Gasteiger partial charge in [0, 0.05) is 7.05 Å². The van der Waals surface area contributed by atoms with Gasteiger partial charge in [0.2, 0.25) is 11.8 Å². The Morgan fingerprint density at radius 2 is 2.18 bits per heavy atom. The van der Waals surface area contributed by atoms with Crippen LogP contribution in [-0.4, -0.2) is 30.3 Å². The van der Waals surface area contributed by atoms with Crippen LogP contribution < -0.4 is 5.73 Å². The van der Waals surface area contributed by atoms with Crippen LogP contribution in [0.25, 0.3) is 0 Å². The van der Waals surface area contributed by atoms with Crippen molar-refractivity contribution in [1.82, 2.24) is 4.90 Å². The largest absolute Gasteiger partial charge is 0.368 e. The molecule has 0 radical (unpaired) electrons. The molecular formula is C6H9N3O2. The van der Waals surface area contributed by atoms with E-state index in [0.29, 0.717) is 0 Å². The zero-order valence-electron chi connectivity index (χ0n) is 6.20. The molecule has 2 amide bonds. The Labute approximate surface area is 64.4 Å². The number of hydrogen-bond acceptors (Lipinski definition) is 3. The van der Waals surface area contributed by atoms with E-state index in [9.17, 15) is 9.59 Å². The van der Waals surface area contributed by atoms with E-state index in [4.69, 9.17) is 11.0 Å². The molecule has 0 aliphatic heterocycles. The smallest absolute Gasteiger partial charge is 0.237 e. The first kappa shape index (κ1) is 9.43. The third-order valence-electron chi connectivity index (χ3n) is 1.05. The second-order valence-electron chi connectivity index (χ2n) is 2.05. The van der Waals surface area contributed by atoms with Gasteiger partial charge >= 0.3 is 0 Å². The summed E-state index contributed by atoms with van der Waals surface area (Å²) in [6.07, 6.45) is -0.218. The van der Waals surface area contributed by atoms with Crippen molar-refractivity contribution < 1.29 is 9.59 Å². The number of amides is 2. The number of nitrogens with zero attached hydrogens (tertiary/aromatic N) is 2. The summed E-state index contributed by atoms with van der Waals surface area (Å²) in [5, 5.41) is 8.11. The van der Waals surface area contributed by atoms with Gasteiger partial charge in [-0.15, -0.1) is 0 Å². The van der Waals surface area contributed by atoms with Gasteiger partial charge in [0.05, 0.1) is 12.6 Å². The van der Waals surface area contributed by atoms with Crippen molar-refractivity contribution in [1.29, 1.82) is 5.26 Å². The fourth-order valence-electron chi connectivity index (χ4n) is 0.525. The number of nitrogens with two attached hydrogens (primary N) is 1. The minimum atomic E-state index is -0.584. The zero-order valence-corrected chi connectivity index (χ0v) is 6.20. The van der Waals surface area contributed by atoms with Crippen molar-refractivity contribution in [3.8, 4) is 6.07 Å². The van der Waals surface area contributed by atoms with Crippen LogP contribution in [0.4, 0.5) is 0 Å². The maximum atomic E-state index is 10.8. The van der Waals surface area contributed by atoms with Crippen LogP contribution >= 0.6 is 0 Å². The third kappa shape index (κ3) is 3.92. The maximum Gasteiger partial charge on any atom is 0.237 e. The summed E-state index contributed by atoms with van der Waals surface area (Å²) < 4.78 is 0. The normalized spacial score (nSPS) is 8.36. The van der Waals surface area contributed by atoms with E-state index in [-0.39, 0.29) is 13.0 Å². The van der Waals surface area contributed by atoms with Crippen molar-refractivity contribution in [2.24, 2.45) is 5.73 Å². The van der Waals surface area contributed by atoms with Gasteiger partial charge in [-0.05, 0) is 0 Å². The Morgan fingerprint density at radius 3 is 2.55 bits per heavy atom. The molecule has 0 atom stereocenters. The molecule has 60 valence electrons. The fourth-order valence-corrected chi connectivity index (χ4v) is 0.525. The van der Waals surface area contributed by atoms with Crippen molar-refractivity contribution in [3.05, 3.63) is 0 Å². The van der Waals surface area contributed by atoms with Crippen LogP contribution in [0, 0.1) is 11.3 Å². The topological polar surface area (TPSA) is 87.2 Å². The summed E-state index contributed by atoms with van der Waals surface area (Å²) in [6, 6.07) is 1.68. The van der Waals surface area contributed by atoms with Gasteiger partial charge in [-0.3, -0.25) is 9.59 Å². The van der Waals surface area contributed by atoms with E-state index in [1.807, 2.05) is 0 Å². The van der Waals surface area contributed by atoms with Crippen LogP contribution in [0.3, 0.4) is 0 Å². The second-order valence-corrected chi connectivity index (χ2v) is 2.05. The van der Waals surface area contributed by atoms with E-state index in [1.54, 1.807) is 6.07 Å². The first-order chi connectivity index (χ1) is 5.07. The molecule has 0 bridgehead atoms. The number of likely N-dealkylation sites (N-methyl/N-ethyl adjacent to an activating group) is 1. The fraction of sp³-hybridized carbons (Fsp3) is 0.500. The molecule has 0 spiro atoms. The molecule has 5 heteroatoms. The lowest BCUT2D eigenvalue weighted by Gasteiger charge is -2.11. The second kappa shape index (κ2) is 4.28. The van der Waals surface area contributed by atoms with Gasteiger partial charge in [0.25, 0.3) is 0 Å². The highest BCUT2D eigenvalue weighted by Gasteiger charge is 2.09. The average molecular weight is 155 g/mol. The number of carbonyl (C=O) groups is 2. The average Bonchev–Trinajstić information content (AvgIpc) is 1.86. The molecule has 0 fully saturated rings. The Balaban J connectivity index is 3.85. The summed E-state index contributed by atoms with van der Waals surface area (Å²) >= 11 is 0. The number of rotatable bonds is 3. The quantitative estimate of drug-likeness (QED) is 0.557. The number of nitriles is 1. The summed E-state index contributed by atoms with van der Waals surface area (Å²) in [5.41, 5.74) is 4.81. The van der Waals surface area contributed by atoms with Crippen LogP contribution in [0.1, 0.15) is 6.42 Å². The van der Waals surface area contributed by atoms with Crippen molar-refractivity contribution >= 4 is 11.8 Å². The zero-order chi connectivity index (χ0) is 8.85. The summed E-state index contributed by atoms with van der Waals surface area (Å²) in [4.78, 5) is 22.2. The molecule has 0 aliphatic carbocycles. The molecular weight excluding hydrogens is 146 g/mol. The van der Waals surface area contributed by atoms with Gasteiger partial charge in [-0.2, -0.15) is 5.26 Å². The molecule has 0 heterocycles. The third-order valence-corrected chi connectivity index (χ3v) is 1.05. The lowest BCUT2D eigenvalue weighted by atomic mass is 10.4. The number of primary amides is 1. The van der Waals surface area contributed by atoms with Gasteiger partial charge in [-0.1, -0.05) is 0 Å². The van der Waals surface area contributed by atoms with Crippen LogP contribution in [-0.2, 0) is 9.59 Å². The molecule has 11 heavy (non-hydrogen) atoms. The highest BCUT2D eigenvalue weighted by atomic mass is 16.2. The predicted octanol–water partition coefficient (Wildman–Crippen LogP) is -1.16. The van der Waals surface area contributed by atoms with E-state index in [2.05, 4.69) is 0 Å².